The molecule has 0 aliphatic carbocycles. The molecule has 0 saturated carbocycles. The minimum atomic E-state index is 0.393. The molecular weight excluding hydrogens is 262 g/mol. The van der Waals surface area contributed by atoms with Crippen molar-refractivity contribution in [2.75, 3.05) is 13.7 Å². The molecule has 2 rings (SSSR count). The molecule has 1 fully saturated rings. The number of rotatable bonds is 6. The van der Waals surface area contributed by atoms with Gasteiger partial charge in [0, 0.05) is 18.7 Å². The van der Waals surface area contributed by atoms with Gasteiger partial charge in [0.25, 0.3) is 0 Å². The van der Waals surface area contributed by atoms with Crippen molar-refractivity contribution in [3.63, 3.8) is 0 Å². The van der Waals surface area contributed by atoms with Crippen molar-refractivity contribution in [3.8, 4) is 5.75 Å². The average Bonchev–Trinajstić information content (AvgIpc) is 2.53. The van der Waals surface area contributed by atoms with Crippen LogP contribution in [0.3, 0.4) is 0 Å². The van der Waals surface area contributed by atoms with Crippen LogP contribution in [0.2, 0.25) is 0 Å². The first-order valence-electron chi connectivity index (χ1n) is 8.15. The zero-order valence-corrected chi connectivity index (χ0v) is 13.8. The van der Waals surface area contributed by atoms with E-state index >= 15 is 0 Å². The van der Waals surface area contributed by atoms with Gasteiger partial charge >= 0.3 is 0 Å². The van der Waals surface area contributed by atoms with Crippen molar-refractivity contribution in [2.24, 2.45) is 5.92 Å². The van der Waals surface area contributed by atoms with Gasteiger partial charge in [-0.15, -0.1) is 0 Å². The summed E-state index contributed by atoms with van der Waals surface area (Å²) in [4.78, 5) is 0. The van der Waals surface area contributed by atoms with Crippen LogP contribution >= 0.6 is 0 Å². The number of benzene rings is 1. The maximum atomic E-state index is 5.86. The van der Waals surface area contributed by atoms with Gasteiger partial charge in [0.2, 0.25) is 0 Å². The van der Waals surface area contributed by atoms with Crippen LogP contribution in [0.5, 0.6) is 5.75 Å². The van der Waals surface area contributed by atoms with Crippen LogP contribution in [0, 0.1) is 5.92 Å². The first-order valence-corrected chi connectivity index (χ1v) is 8.15. The Bertz CT molecular complexity index is 416. The third-order valence-corrected chi connectivity index (χ3v) is 4.42. The van der Waals surface area contributed by atoms with Gasteiger partial charge in [0.05, 0.1) is 13.2 Å². The zero-order chi connectivity index (χ0) is 15.2. The molecule has 1 saturated heterocycles. The minimum Gasteiger partial charge on any atom is -0.497 e. The molecule has 0 amide bonds. The zero-order valence-electron chi connectivity index (χ0n) is 13.8. The Balaban J connectivity index is 1.97. The van der Waals surface area contributed by atoms with Gasteiger partial charge in [0.1, 0.15) is 5.75 Å². The highest BCUT2D eigenvalue weighted by Crippen LogP contribution is 2.25. The summed E-state index contributed by atoms with van der Waals surface area (Å²) in [6, 6.07) is 9.38. The molecule has 1 aromatic rings. The molecule has 21 heavy (non-hydrogen) atoms. The molecule has 3 nitrogen and oxygen atoms in total. The molecule has 0 aromatic heterocycles. The molecule has 0 bridgehead atoms. The van der Waals surface area contributed by atoms with Crippen LogP contribution in [0.1, 0.15) is 51.6 Å². The van der Waals surface area contributed by atoms with Crippen molar-refractivity contribution < 1.29 is 9.47 Å². The van der Waals surface area contributed by atoms with Gasteiger partial charge in [0.15, 0.2) is 0 Å². The third kappa shape index (κ3) is 4.45. The summed E-state index contributed by atoms with van der Waals surface area (Å²) >= 11 is 0. The van der Waals surface area contributed by atoms with E-state index in [1.165, 1.54) is 5.56 Å². The Hall–Kier alpha value is -1.06. The minimum absolute atomic E-state index is 0.393. The second-order valence-corrected chi connectivity index (χ2v) is 6.28. The summed E-state index contributed by atoms with van der Waals surface area (Å²) in [5.41, 5.74) is 1.34. The van der Waals surface area contributed by atoms with E-state index in [1.807, 2.05) is 12.1 Å². The maximum absolute atomic E-state index is 5.86. The smallest absolute Gasteiger partial charge is 0.118 e. The largest absolute Gasteiger partial charge is 0.497 e. The van der Waals surface area contributed by atoms with Gasteiger partial charge in [-0.3, -0.25) is 0 Å². The van der Waals surface area contributed by atoms with E-state index in [0.717, 1.165) is 31.6 Å². The summed E-state index contributed by atoms with van der Waals surface area (Å²) in [5.74, 6) is 1.51. The number of ether oxygens (including phenoxy) is 2. The van der Waals surface area contributed by atoms with Crippen LogP contribution in [0.25, 0.3) is 0 Å². The Morgan fingerprint density at radius 3 is 2.57 bits per heavy atom. The standard InChI is InChI=1S/C18H29NO2/c1-5-17(14-6-8-16(20-4)9-7-14)19-15-10-11-21-18(12-15)13(2)3/h6-9,13,15,17-19H,5,10-12H2,1-4H3. The molecule has 1 aliphatic rings. The van der Waals surface area contributed by atoms with E-state index in [1.54, 1.807) is 7.11 Å². The molecule has 1 heterocycles. The Morgan fingerprint density at radius 1 is 1.29 bits per heavy atom. The van der Waals surface area contributed by atoms with Gasteiger partial charge in [-0.2, -0.15) is 0 Å². The predicted octanol–water partition coefficient (Wildman–Crippen LogP) is 3.94. The SMILES string of the molecule is CCC(NC1CCOC(C(C)C)C1)c1ccc(OC)cc1. The van der Waals surface area contributed by atoms with Gasteiger partial charge in [-0.25, -0.2) is 0 Å². The highest BCUT2D eigenvalue weighted by atomic mass is 16.5. The molecule has 0 radical (unpaired) electrons. The Labute approximate surface area is 129 Å². The fourth-order valence-corrected chi connectivity index (χ4v) is 3.01. The fraction of sp³-hybridized carbons (Fsp3) is 0.667. The van der Waals surface area contributed by atoms with Crippen molar-refractivity contribution in [1.82, 2.24) is 5.32 Å². The lowest BCUT2D eigenvalue weighted by Gasteiger charge is -2.34. The van der Waals surface area contributed by atoms with E-state index in [-0.39, 0.29) is 0 Å². The first-order chi connectivity index (χ1) is 10.1. The lowest BCUT2D eigenvalue weighted by molar-refractivity contribution is -0.0260. The van der Waals surface area contributed by atoms with E-state index in [4.69, 9.17) is 9.47 Å². The average molecular weight is 291 g/mol. The second-order valence-electron chi connectivity index (χ2n) is 6.28. The van der Waals surface area contributed by atoms with Crippen molar-refractivity contribution >= 4 is 0 Å². The Kier molecular flexibility index (Phi) is 6.07. The van der Waals surface area contributed by atoms with Crippen LogP contribution in [0.15, 0.2) is 24.3 Å². The number of hydrogen-bond donors (Lipinski definition) is 1. The van der Waals surface area contributed by atoms with E-state index in [2.05, 4.69) is 38.2 Å². The summed E-state index contributed by atoms with van der Waals surface area (Å²) in [6.07, 6.45) is 3.71. The second kappa shape index (κ2) is 7.81. The summed E-state index contributed by atoms with van der Waals surface area (Å²) < 4.78 is 11.1. The monoisotopic (exact) mass is 291 g/mol. The highest BCUT2D eigenvalue weighted by Gasteiger charge is 2.26. The molecule has 3 unspecified atom stereocenters. The van der Waals surface area contributed by atoms with Crippen molar-refractivity contribution in [2.45, 2.75) is 58.2 Å². The molecule has 1 aliphatic heterocycles. The normalized spacial score (nSPS) is 24.0. The molecule has 1 aromatic carbocycles. The number of hydrogen-bond acceptors (Lipinski definition) is 3. The van der Waals surface area contributed by atoms with Crippen molar-refractivity contribution in [1.29, 1.82) is 0 Å². The molecule has 3 atom stereocenters. The lowest BCUT2D eigenvalue weighted by Crippen LogP contribution is -2.42. The Morgan fingerprint density at radius 2 is 2.00 bits per heavy atom. The van der Waals surface area contributed by atoms with Gasteiger partial charge in [-0.1, -0.05) is 32.9 Å². The van der Waals surface area contributed by atoms with Crippen LogP contribution in [0.4, 0.5) is 0 Å². The first kappa shape index (κ1) is 16.3. The fourth-order valence-electron chi connectivity index (χ4n) is 3.01. The summed E-state index contributed by atoms with van der Waals surface area (Å²) in [5, 5.41) is 3.82. The molecule has 118 valence electrons. The topological polar surface area (TPSA) is 30.5 Å². The number of nitrogens with one attached hydrogen (secondary N) is 1. The van der Waals surface area contributed by atoms with Crippen LogP contribution < -0.4 is 10.1 Å². The van der Waals surface area contributed by atoms with E-state index < -0.39 is 0 Å². The predicted molar refractivity (Wildman–Crippen MR) is 86.8 cm³/mol. The lowest BCUT2D eigenvalue weighted by atomic mass is 9.93. The molecular formula is C18H29NO2. The molecule has 1 N–H and O–H groups in total. The number of methoxy groups -OCH3 is 1. The van der Waals surface area contributed by atoms with Gasteiger partial charge < -0.3 is 14.8 Å². The van der Waals surface area contributed by atoms with Crippen molar-refractivity contribution in [3.05, 3.63) is 29.8 Å². The van der Waals surface area contributed by atoms with E-state index in [9.17, 15) is 0 Å². The summed E-state index contributed by atoms with van der Waals surface area (Å²) in [6.45, 7) is 7.60. The van der Waals surface area contributed by atoms with Crippen LogP contribution in [-0.4, -0.2) is 25.9 Å². The highest BCUT2D eigenvalue weighted by molar-refractivity contribution is 5.29. The van der Waals surface area contributed by atoms with Gasteiger partial charge in [-0.05, 0) is 42.9 Å². The molecule has 3 heteroatoms. The third-order valence-electron chi connectivity index (χ3n) is 4.42. The quantitative estimate of drug-likeness (QED) is 0.861. The molecule has 0 spiro atoms. The van der Waals surface area contributed by atoms with Crippen LogP contribution in [-0.2, 0) is 4.74 Å². The van der Waals surface area contributed by atoms with E-state index in [0.29, 0.717) is 24.1 Å². The summed E-state index contributed by atoms with van der Waals surface area (Å²) in [7, 11) is 1.71. The maximum Gasteiger partial charge on any atom is 0.118 e.